The number of rotatable bonds is 10. The van der Waals surface area contributed by atoms with Crippen LogP contribution in [-0.4, -0.2) is 53.9 Å². The van der Waals surface area contributed by atoms with E-state index < -0.39 is 0 Å². The molecule has 5 nitrogen and oxygen atoms in total. The molecule has 1 heterocycles. The van der Waals surface area contributed by atoms with Gasteiger partial charge < -0.3 is 14.7 Å². The Morgan fingerprint density at radius 3 is 2.24 bits per heavy atom. The largest absolute Gasteiger partial charge is 0.342 e. The van der Waals surface area contributed by atoms with Gasteiger partial charge in [-0.2, -0.15) is 0 Å². The van der Waals surface area contributed by atoms with Gasteiger partial charge in [0.2, 0.25) is 5.91 Å². The minimum absolute atomic E-state index is 0.0245. The number of aryl methyl sites for hydroxylation is 2. The lowest BCUT2D eigenvalue weighted by atomic mass is 9.93. The summed E-state index contributed by atoms with van der Waals surface area (Å²) >= 11 is 0. The average Bonchev–Trinajstić information content (AvgIpc) is 2.81. The van der Waals surface area contributed by atoms with Crippen LogP contribution in [0.1, 0.15) is 56.2 Å². The molecule has 0 aliphatic carbocycles. The van der Waals surface area contributed by atoms with Gasteiger partial charge >= 0.3 is 0 Å². The van der Waals surface area contributed by atoms with Crippen molar-refractivity contribution in [3.05, 3.63) is 65.2 Å². The summed E-state index contributed by atoms with van der Waals surface area (Å²) in [5.41, 5.74) is 4.27. The lowest BCUT2D eigenvalue weighted by molar-refractivity contribution is -0.940. The highest BCUT2D eigenvalue weighted by molar-refractivity contribution is 5.93. The zero-order valence-electron chi connectivity index (χ0n) is 21.5. The van der Waals surface area contributed by atoms with Crippen molar-refractivity contribution < 1.29 is 14.1 Å². The standard InChI is InChI=1S/C29H41N3O2/c1-5-17-31(18-6-2)29(34)26-16-11-19-32(21-26,20-25-14-8-7-9-15-25)22-27(33)30-28-23(3)12-10-13-24(28)4/h7-10,12-15,26H,5-6,11,16-22H2,1-4H3/p+1. The van der Waals surface area contributed by atoms with Gasteiger partial charge in [-0.05, 0) is 50.7 Å². The first-order valence-electron chi connectivity index (χ1n) is 12.9. The lowest BCUT2D eigenvalue weighted by Gasteiger charge is -2.44. The van der Waals surface area contributed by atoms with Crippen molar-refractivity contribution in [3.8, 4) is 0 Å². The number of likely N-dealkylation sites (tertiary alicyclic amines) is 1. The van der Waals surface area contributed by atoms with Crippen molar-refractivity contribution in [2.24, 2.45) is 5.92 Å². The number of piperidine rings is 1. The number of quaternary nitrogens is 1. The summed E-state index contributed by atoms with van der Waals surface area (Å²) in [6.45, 7) is 12.7. The molecule has 0 radical (unpaired) electrons. The van der Waals surface area contributed by atoms with Crippen LogP contribution in [0.5, 0.6) is 0 Å². The van der Waals surface area contributed by atoms with Gasteiger partial charge in [-0.1, -0.05) is 62.4 Å². The number of hydrogen-bond donors (Lipinski definition) is 1. The molecule has 0 aromatic heterocycles. The summed E-state index contributed by atoms with van der Waals surface area (Å²) in [4.78, 5) is 28.9. The maximum absolute atomic E-state index is 13.5. The number of nitrogens with zero attached hydrogens (tertiary/aromatic N) is 2. The monoisotopic (exact) mass is 464 g/mol. The van der Waals surface area contributed by atoms with Crippen molar-refractivity contribution in [1.29, 1.82) is 0 Å². The van der Waals surface area contributed by atoms with E-state index in [1.165, 1.54) is 5.56 Å². The van der Waals surface area contributed by atoms with Gasteiger partial charge in [0.15, 0.2) is 6.54 Å². The number of carbonyl (C=O) groups excluding carboxylic acids is 2. The van der Waals surface area contributed by atoms with Crippen molar-refractivity contribution in [2.75, 3.05) is 38.0 Å². The van der Waals surface area contributed by atoms with E-state index in [0.717, 1.165) is 75.2 Å². The number of carbonyl (C=O) groups is 2. The Kier molecular flexibility index (Phi) is 9.28. The molecule has 184 valence electrons. The van der Waals surface area contributed by atoms with Crippen LogP contribution in [0.2, 0.25) is 0 Å². The second kappa shape index (κ2) is 12.2. The maximum Gasteiger partial charge on any atom is 0.279 e. The van der Waals surface area contributed by atoms with Crippen LogP contribution in [0.25, 0.3) is 0 Å². The van der Waals surface area contributed by atoms with E-state index in [0.29, 0.717) is 11.0 Å². The third-order valence-electron chi connectivity index (χ3n) is 7.03. The first-order valence-corrected chi connectivity index (χ1v) is 12.9. The number of amides is 2. The third kappa shape index (κ3) is 6.69. The second-order valence-corrected chi connectivity index (χ2v) is 10.0. The molecule has 1 aliphatic heterocycles. The summed E-state index contributed by atoms with van der Waals surface area (Å²) < 4.78 is 0.628. The van der Waals surface area contributed by atoms with Crippen LogP contribution in [0.4, 0.5) is 5.69 Å². The Morgan fingerprint density at radius 1 is 0.971 bits per heavy atom. The summed E-state index contributed by atoms with van der Waals surface area (Å²) in [6, 6.07) is 16.5. The smallest absolute Gasteiger partial charge is 0.279 e. The fourth-order valence-corrected chi connectivity index (χ4v) is 5.46. The zero-order chi connectivity index (χ0) is 24.6. The topological polar surface area (TPSA) is 49.4 Å². The fraction of sp³-hybridized carbons (Fsp3) is 0.517. The minimum atomic E-state index is -0.0245. The number of nitrogens with one attached hydrogen (secondary N) is 1. The predicted octanol–water partition coefficient (Wildman–Crippen LogP) is 5.32. The van der Waals surface area contributed by atoms with Crippen molar-refractivity contribution in [1.82, 2.24) is 4.90 Å². The Balaban J connectivity index is 1.83. The minimum Gasteiger partial charge on any atom is -0.342 e. The Labute approximate surface area is 205 Å². The van der Waals surface area contributed by atoms with Crippen LogP contribution >= 0.6 is 0 Å². The summed E-state index contributed by atoms with van der Waals surface area (Å²) in [6.07, 6.45) is 3.82. The van der Waals surface area contributed by atoms with E-state index in [1.807, 2.05) is 43.0 Å². The zero-order valence-corrected chi connectivity index (χ0v) is 21.5. The molecular weight excluding hydrogens is 422 g/mol. The predicted molar refractivity (Wildman–Crippen MR) is 139 cm³/mol. The van der Waals surface area contributed by atoms with Crippen LogP contribution in [0.3, 0.4) is 0 Å². The van der Waals surface area contributed by atoms with E-state index in [1.54, 1.807) is 0 Å². The van der Waals surface area contributed by atoms with E-state index in [9.17, 15) is 9.59 Å². The van der Waals surface area contributed by atoms with Crippen molar-refractivity contribution >= 4 is 17.5 Å². The van der Waals surface area contributed by atoms with Gasteiger partial charge in [-0.3, -0.25) is 9.59 Å². The number of benzene rings is 2. The molecule has 2 amide bonds. The SMILES string of the molecule is CCCN(CCC)C(=O)C1CCC[N+](CC(=O)Nc2c(C)cccc2C)(Cc2ccccc2)C1. The molecule has 2 atom stereocenters. The summed E-state index contributed by atoms with van der Waals surface area (Å²) in [5.74, 6) is 0.276. The molecule has 1 fully saturated rings. The normalized spacial score (nSPS) is 20.1. The molecule has 34 heavy (non-hydrogen) atoms. The molecule has 2 aromatic carbocycles. The Hall–Kier alpha value is -2.66. The molecule has 0 spiro atoms. The highest BCUT2D eigenvalue weighted by Gasteiger charge is 2.41. The van der Waals surface area contributed by atoms with Crippen molar-refractivity contribution in [3.63, 3.8) is 0 Å². The van der Waals surface area contributed by atoms with Gasteiger partial charge in [0, 0.05) is 24.3 Å². The third-order valence-corrected chi connectivity index (χ3v) is 7.03. The molecule has 2 unspecified atom stereocenters. The first kappa shape index (κ1) is 26.0. The van der Waals surface area contributed by atoms with Crippen molar-refractivity contribution in [2.45, 2.75) is 59.9 Å². The molecule has 3 rings (SSSR count). The van der Waals surface area contributed by atoms with E-state index in [4.69, 9.17) is 0 Å². The van der Waals surface area contributed by atoms with Crippen LogP contribution < -0.4 is 5.32 Å². The molecule has 1 aliphatic rings. The van der Waals surface area contributed by atoms with E-state index >= 15 is 0 Å². The van der Waals surface area contributed by atoms with Crippen LogP contribution in [0, 0.1) is 19.8 Å². The molecule has 0 bridgehead atoms. The summed E-state index contributed by atoms with van der Waals surface area (Å²) in [5, 5.41) is 3.19. The molecule has 2 aromatic rings. The lowest BCUT2D eigenvalue weighted by Crippen LogP contribution is -2.59. The number of para-hydroxylation sites is 1. The fourth-order valence-electron chi connectivity index (χ4n) is 5.46. The first-order chi connectivity index (χ1) is 16.4. The van der Waals surface area contributed by atoms with Crippen LogP contribution in [-0.2, 0) is 16.1 Å². The molecule has 0 saturated carbocycles. The Bertz CT molecular complexity index is 933. The summed E-state index contributed by atoms with van der Waals surface area (Å²) in [7, 11) is 0. The van der Waals surface area contributed by atoms with Gasteiger partial charge in [0.05, 0.1) is 19.0 Å². The highest BCUT2D eigenvalue weighted by atomic mass is 16.2. The quantitative estimate of drug-likeness (QED) is 0.484. The van der Waals surface area contributed by atoms with E-state index in [2.05, 4.69) is 43.4 Å². The number of anilines is 1. The highest BCUT2D eigenvalue weighted by Crippen LogP contribution is 2.29. The second-order valence-electron chi connectivity index (χ2n) is 10.0. The molecular formula is C29H42N3O2+. The van der Waals surface area contributed by atoms with Gasteiger partial charge in [0.1, 0.15) is 6.54 Å². The van der Waals surface area contributed by atoms with Gasteiger partial charge in [-0.25, -0.2) is 0 Å². The van der Waals surface area contributed by atoms with Gasteiger partial charge in [0.25, 0.3) is 5.91 Å². The molecule has 5 heteroatoms. The number of hydrogen-bond acceptors (Lipinski definition) is 2. The Morgan fingerprint density at radius 2 is 1.62 bits per heavy atom. The maximum atomic E-state index is 13.5. The molecule has 1 N–H and O–H groups in total. The van der Waals surface area contributed by atoms with E-state index in [-0.39, 0.29) is 17.7 Å². The van der Waals surface area contributed by atoms with Crippen LogP contribution in [0.15, 0.2) is 48.5 Å². The molecule has 1 saturated heterocycles. The average molecular weight is 465 g/mol. The van der Waals surface area contributed by atoms with Gasteiger partial charge in [-0.15, -0.1) is 0 Å².